The van der Waals surface area contributed by atoms with Gasteiger partial charge in [-0.3, -0.25) is 4.79 Å². The van der Waals surface area contributed by atoms with Gasteiger partial charge in [0.15, 0.2) is 17.3 Å². The number of nitrogen functional groups attached to an aromatic ring is 1. The zero-order valence-corrected chi connectivity index (χ0v) is 11.6. The molecule has 2 rings (SSSR count). The summed E-state index contributed by atoms with van der Waals surface area (Å²) in [5.41, 5.74) is 7.85. The molecule has 0 aliphatic heterocycles. The Hall–Kier alpha value is -2.49. The number of anilines is 1. The molecule has 0 atom stereocenters. The van der Waals surface area contributed by atoms with E-state index in [-0.39, 0.29) is 5.78 Å². The summed E-state index contributed by atoms with van der Waals surface area (Å²) < 4.78 is 10.4. The van der Waals surface area contributed by atoms with Crippen LogP contribution < -0.4 is 15.2 Å². The first kappa shape index (κ1) is 13.9. The highest BCUT2D eigenvalue weighted by molar-refractivity contribution is 5.98. The van der Waals surface area contributed by atoms with E-state index in [1.165, 1.54) is 0 Å². The second-order valence-corrected chi connectivity index (χ2v) is 4.41. The van der Waals surface area contributed by atoms with Crippen molar-refractivity contribution in [1.82, 2.24) is 0 Å². The molecule has 0 aromatic heterocycles. The molecular formula is C16H17NO3. The Morgan fingerprint density at radius 2 is 1.80 bits per heavy atom. The summed E-state index contributed by atoms with van der Waals surface area (Å²) in [4.78, 5) is 12.3. The molecule has 0 aliphatic rings. The van der Waals surface area contributed by atoms with Gasteiger partial charge in [0.05, 0.1) is 14.2 Å². The quantitative estimate of drug-likeness (QED) is 0.671. The summed E-state index contributed by atoms with van der Waals surface area (Å²) in [6.45, 7) is 0. The largest absolute Gasteiger partial charge is 0.493 e. The number of hydrogen-bond donors (Lipinski definition) is 1. The Labute approximate surface area is 118 Å². The molecule has 0 unspecified atom stereocenters. The molecule has 2 aromatic rings. The zero-order valence-electron chi connectivity index (χ0n) is 11.6. The molecular weight excluding hydrogens is 254 g/mol. The van der Waals surface area contributed by atoms with Crippen molar-refractivity contribution >= 4 is 11.5 Å². The van der Waals surface area contributed by atoms with Gasteiger partial charge < -0.3 is 15.2 Å². The Kier molecular flexibility index (Phi) is 4.25. The highest BCUT2D eigenvalue weighted by atomic mass is 16.5. The number of benzene rings is 2. The number of ketones is 1. The first-order chi connectivity index (χ1) is 9.63. The average molecular weight is 271 g/mol. The van der Waals surface area contributed by atoms with Crippen LogP contribution in [0.1, 0.15) is 15.9 Å². The first-order valence-electron chi connectivity index (χ1n) is 6.23. The summed E-state index contributed by atoms with van der Waals surface area (Å²) in [7, 11) is 3.11. The van der Waals surface area contributed by atoms with Crippen molar-refractivity contribution in [3.63, 3.8) is 0 Å². The third-order valence-corrected chi connectivity index (χ3v) is 3.02. The number of rotatable bonds is 5. The third-order valence-electron chi connectivity index (χ3n) is 3.02. The maximum Gasteiger partial charge on any atom is 0.167 e. The average Bonchev–Trinajstić information content (AvgIpc) is 2.46. The number of Topliss-reactive ketones (excluding diaryl/α,β-unsaturated/α-hetero) is 1. The fraction of sp³-hybridized carbons (Fsp3) is 0.188. The van der Waals surface area contributed by atoms with E-state index in [4.69, 9.17) is 15.2 Å². The lowest BCUT2D eigenvalue weighted by Gasteiger charge is -2.09. The van der Waals surface area contributed by atoms with Crippen molar-refractivity contribution in [3.8, 4) is 11.5 Å². The van der Waals surface area contributed by atoms with Gasteiger partial charge in [0.25, 0.3) is 0 Å². The minimum atomic E-state index is 0.0107. The molecule has 0 aliphatic carbocycles. The Morgan fingerprint density at radius 1 is 1.05 bits per heavy atom. The molecule has 0 saturated heterocycles. The van der Waals surface area contributed by atoms with Gasteiger partial charge in [-0.2, -0.15) is 0 Å². The minimum Gasteiger partial charge on any atom is -0.493 e. The van der Waals surface area contributed by atoms with Crippen LogP contribution in [0.25, 0.3) is 0 Å². The molecule has 4 heteroatoms. The topological polar surface area (TPSA) is 61.5 Å². The van der Waals surface area contributed by atoms with Crippen LogP contribution in [-0.4, -0.2) is 20.0 Å². The van der Waals surface area contributed by atoms with E-state index in [2.05, 4.69) is 0 Å². The monoisotopic (exact) mass is 271 g/mol. The first-order valence-corrected chi connectivity index (χ1v) is 6.23. The summed E-state index contributed by atoms with van der Waals surface area (Å²) in [5.74, 6) is 1.16. The number of carbonyl (C=O) groups is 1. The molecule has 20 heavy (non-hydrogen) atoms. The molecule has 0 bridgehead atoms. The van der Waals surface area contributed by atoms with Crippen molar-refractivity contribution in [1.29, 1.82) is 0 Å². The molecule has 0 heterocycles. The van der Waals surface area contributed by atoms with Gasteiger partial charge in [-0.25, -0.2) is 0 Å². The van der Waals surface area contributed by atoms with Crippen molar-refractivity contribution in [3.05, 3.63) is 53.6 Å². The second kappa shape index (κ2) is 6.10. The van der Waals surface area contributed by atoms with Crippen LogP contribution in [0, 0.1) is 0 Å². The van der Waals surface area contributed by atoms with Crippen LogP contribution in [0.2, 0.25) is 0 Å². The van der Waals surface area contributed by atoms with Crippen molar-refractivity contribution < 1.29 is 14.3 Å². The summed E-state index contributed by atoms with van der Waals surface area (Å²) in [6, 6.07) is 12.5. The molecule has 0 fully saturated rings. The lowest BCUT2D eigenvalue weighted by Crippen LogP contribution is -2.04. The van der Waals surface area contributed by atoms with E-state index in [9.17, 15) is 4.79 Å². The number of carbonyl (C=O) groups excluding carboxylic acids is 1. The lowest BCUT2D eigenvalue weighted by molar-refractivity contribution is 0.0992. The van der Waals surface area contributed by atoms with E-state index in [0.29, 0.717) is 29.2 Å². The highest BCUT2D eigenvalue weighted by Gasteiger charge is 2.11. The van der Waals surface area contributed by atoms with E-state index in [0.717, 1.165) is 5.56 Å². The molecule has 104 valence electrons. The van der Waals surface area contributed by atoms with Crippen LogP contribution >= 0.6 is 0 Å². The van der Waals surface area contributed by atoms with Crippen LogP contribution in [0.5, 0.6) is 11.5 Å². The molecule has 2 N–H and O–H groups in total. The molecule has 0 radical (unpaired) electrons. The van der Waals surface area contributed by atoms with E-state index in [1.54, 1.807) is 44.6 Å². The standard InChI is InChI=1S/C16H17NO3/c1-19-15-7-6-12(10-16(15)20-2)14(18)9-11-4-3-5-13(17)8-11/h3-8,10H,9,17H2,1-2H3. The maximum atomic E-state index is 12.3. The fourth-order valence-electron chi connectivity index (χ4n) is 2.00. The smallest absolute Gasteiger partial charge is 0.167 e. The van der Waals surface area contributed by atoms with E-state index < -0.39 is 0 Å². The van der Waals surface area contributed by atoms with Gasteiger partial charge in [0.2, 0.25) is 0 Å². The molecule has 2 aromatic carbocycles. The minimum absolute atomic E-state index is 0.0107. The van der Waals surface area contributed by atoms with Gasteiger partial charge in [-0.1, -0.05) is 12.1 Å². The summed E-state index contributed by atoms with van der Waals surface area (Å²) in [5, 5.41) is 0. The van der Waals surface area contributed by atoms with Crippen LogP contribution in [0.15, 0.2) is 42.5 Å². The Balaban J connectivity index is 2.21. The fourth-order valence-corrected chi connectivity index (χ4v) is 2.00. The second-order valence-electron chi connectivity index (χ2n) is 4.41. The number of methoxy groups -OCH3 is 2. The van der Waals surface area contributed by atoms with Crippen LogP contribution in [-0.2, 0) is 6.42 Å². The van der Waals surface area contributed by atoms with Gasteiger partial charge in [-0.05, 0) is 35.9 Å². The summed E-state index contributed by atoms with van der Waals surface area (Å²) >= 11 is 0. The number of nitrogens with two attached hydrogens (primary N) is 1. The predicted octanol–water partition coefficient (Wildman–Crippen LogP) is 2.71. The van der Waals surface area contributed by atoms with Gasteiger partial charge in [0.1, 0.15) is 0 Å². The normalized spacial score (nSPS) is 10.1. The molecule has 0 saturated carbocycles. The van der Waals surface area contributed by atoms with Crippen molar-refractivity contribution in [2.45, 2.75) is 6.42 Å². The number of hydrogen-bond acceptors (Lipinski definition) is 4. The predicted molar refractivity (Wildman–Crippen MR) is 78.4 cm³/mol. The summed E-state index contributed by atoms with van der Waals surface area (Å²) in [6.07, 6.45) is 0.306. The molecule has 0 amide bonds. The maximum absolute atomic E-state index is 12.3. The van der Waals surface area contributed by atoms with Crippen LogP contribution in [0.3, 0.4) is 0 Å². The van der Waals surface area contributed by atoms with Gasteiger partial charge in [0, 0.05) is 17.7 Å². The SMILES string of the molecule is COc1ccc(C(=O)Cc2cccc(N)c2)cc1OC. The van der Waals surface area contributed by atoms with E-state index >= 15 is 0 Å². The van der Waals surface area contributed by atoms with Crippen molar-refractivity contribution in [2.75, 3.05) is 20.0 Å². The Morgan fingerprint density at radius 3 is 2.45 bits per heavy atom. The van der Waals surface area contributed by atoms with Crippen LogP contribution in [0.4, 0.5) is 5.69 Å². The Bertz CT molecular complexity index is 623. The highest BCUT2D eigenvalue weighted by Crippen LogP contribution is 2.28. The van der Waals surface area contributed by atoms with Crippen molar-refractivity contribution in [2.24, 2.45) is 0 Å². The molecule has 0 spiro atoms. The van der Waals surface area contributed by atoms with E-state index in [1.807, 2.05) is 12.1 Å². The third kappa shape index (κ3) is 3.09. The molecule has 4 nitrogen and oxygen atoms in total. The number of ether oxygens (including phenoxy) is 2. The van der Waals surface area contributed by atoms with Gasteiger partial charge >= 0.3 is 0 Å². The lowest BCUT2D eigenvalue weighted by atomic mass is 10.0. The van der Waals surface area contributed by atoms with Gasteiger partial charge in [-0.15, -0.1) is 0 Å². The zero-order chi connectivity index (χ0) is 14.5.